The molecule has 1 aromatic rings. The molecule has 2 amide bonds. The summed E-state index contributed by atoms with van der Waals surface area (Å²) in [5.41, 5.74) is 0.522. The van der Waals surface area contributed by atoms with E-state index in [2.05, 4.69) is 10.6 Å². The summed E-state index contributed by atoms with van der Waals surface area (Å²) in [6.45, 7) is 1.59. The van der Waals surface area contributed by atoms with Crippen LogP contribution in [0.1, 0.15) is 50.6 Å². The molecule has 0 spiro atoms. The van der Waals surface area contributed by atoms with Gasteiger partial charge in [0.05, 0.1) is 26.7 Å². The molecule has 2 atom stereocenters. The minimum Gasteiger partial charge on any atom is -0.497 e. The minimum absolute atomic E-state index is 0.0493. The van der Waals surface area contributed by atoms with Crippen LogP contribution >= 0.6 is 0 Å². The Balaban J connectivity index is 2.11. The van der Waals surface area contributed by atoms with Gasteiger partial charge in [-0.15, -0.1) is 0 Å². The van der Waals surface area contributed by atoms with E-state index in [1.165, 1.54) is 14.2 Å². The Hall–Kier alpha value is -2.77. The second-order valence-electron chi connectivity index (χ2n) is 6.98. The molecule has 28 heavy (non-hydrogen) atoms. The van der Waals surface area contributed by atoms with Crippen LogP contribution in [-0.4, -0.2) is 43.2 Å². The third-order valence-corrected chi connectivity index (χ3v) is 4.99. The van der Waals surface area contributed by atoms with Crippen LogP contribution in [0.4, 0.5) is 0 Å². The van der Waals surface area contributed by atoms with Crippen LogP contribution in [0.2, 0.25) is 0 Å². The molecule has 8 heteroatoms. The number of amides is 2. The summed E-state index contributed by atoms with van der Waals surface area (Å²) in [5.74, 6) is -0.725. The molecule has 0 heterocycles. The minimum atomic E-state index is -1.06. The van der Waals surface area contributed by atoms with Gasteiger partial charge in [0.1, 0.15) is 17.5 Å². The van der Waals surface area contributed by atoms with E-state index in [1.807, 2.05) is 0 Å². The number of carboxylic acids is 1. The number of ether oxygens (including phenoxy) is 2. The summed E-state index contributed by atoms with van der Waals surface area (Å²) < 4.78 is 10.5. The van der Waals surface area contributed by atoms with Crippen molar-refractivity contribution >= 4 is 17.8 Å². The smallest absolute Gasteiger partial charge is 0.305 e. The van der Waals surface area contributed by atoms with Crippen molar-refractivity contribution in [2.45, 2.75) is 51.1 Å². The van der Waals surface area contributed by atoms with Crippen LogP contribution in [0.25, 0.3) is 0 Å². The molecule has 2 unspecified atom stereocenters. The molecule has 1 aromatic carbocycles. The van der Waals surface area contributed by atoms with Crippen LogP contribution in [0.5, 0.6) is 11.5 Å². The Morgan fingerprint density at radius 2 is 1.82 bits per heavy atom. The topological polar surface area (TPSA) is 114 Å². The van der Waals surface area contributed by atoms with Gasteiger partial charge in [0, 0.05) is 17.5 Å². The highest BCUT2D eigenvalue weighted by molar-refractivity contribution is 5.88. The van der Waals surface area contributed by atoms with Gasteiger partial charge in [-0.25, -0.2) is 0 Å². The van der Waals surface area contributed by atoms with Crippen LogP contribution < -0.4 is 20.1 Å². The SMILES string of the molecule is COc1ccc(C(CC(=O)O)NC(=O)C(C)NC(=O)C2CCCC2)c(OC)c1. The Morgan fingerprint density at radius 3 is 2.39 bits per heavy atom. The van der Waals surface area contributed by atoms with Gasteiger partial charge in [0.25, 0.3) is 0 Å². The summed E-state index contributed by atoms with van der Waals surface area (Å²) in [6, 6.07) is 3.38. The maximum atomic E-state index is 12.6. The predicted molar refractivity (Wildman–Crippen MR) is 102 cm³/mol. The van der Waals surface area contributed by atoms with Crippen molar-refractivity contribution in [3.63, 3.8) is 0 Å². The number of carbonyl (C=O) groups excluding carboxylic acids is 2. The Kier molecular flexibility index (Phi) is 7.66. The van der Waals surface area contributed by atoms with Gasteiger partial charge in [-0.3, -0.25) is 14.4 Å². The molecule has 0 aromatic heterocycles. The van der Waals surface area contributed by atoms with Crippen LogP contribution in [-0.2, 0) is 14.4 Å². The molecule has 1 aliphatic carbocycles. The first-order valence-electron chi connectivity index (χ1n) is 9.40. The van der Waals surface area contributed by atoms with Gasteiger partial charge in [-0.1, -0.05) is 12.8 Å². The fraction of sp³-hybridized carbons (Fsp3) is 0.550. The second-order valence-corrected chi connectivity index (χ2v) is 6.98. The lowest BCUT2D eigenvalue weighted by Gasteiger charge is -2.23. The molecule has 8 nitrogen and oxygen atoms in total. The lowest BCUT2D eigenvalue weighted by Crippen LogP contribution is -2.47. The number of hydrogen-bond acceptors (Lipinski definition) is 5. The monoisotopic (exact) mass is 392 g/mol. The maximum Gasteiger partial charge on any atom is 0.305 e. The molecule has 1 aliphatic rings. The van der Waals surface area contributed by atoms with Gasteiger partial charge < -0.3 is 25.2 Å². The van der Waals surface area contributed by atoms with Gasteiger partial charge >= 0.3 is 5.97 Å². The van der Waals surface area contributed by atoms with Crippen molar-refractivity contribution in [3.8, 4) is 11.5 Å². The second kappa shape index (κ2) is 9.96. The number of carboxylic acid groups (broad SMARTS) is 1. The van der Waals surface area contributed by atoms with E-state index in [0.717, 1.165) is 25.7 Å². The first kappa shape index (κ1) is 21.5. The van der Waals surface area contributed by atoms with Crippen molar-refractivity contribution in [1.29, 1.82) is 0 Å². The van der Waals surface area contributed by atoms with Gasteiger partial charge in [0.2, 0.25) is 11.8 Å². The van der Waals surface area contributed by atoms with Crippen molar-refractivity contribution in [2.75, 3.05) is 14.2 Å². The zero-order valence-electron chi connectivity index (χ0n) is 16.5. The predicted octanol–water partition coefficient (Wildman–Crippen LogP) is 2.03. The number of carbonyl (C=O) groups is 3. The molecule has 0 saturated heterocycles. The van der Waals surface area contributed by atoms with E-state index in [9.17, 15) is 19.5 Å². The summed E-state index contributed by atoms with van der Waals surface area (Å²) >= 11 is 0. The highest BCUT2D eigenvalue weighted by Crippen LogP contribution is 2.31. The quantitative estimate of drug-likeness (QED) is 0.593. The number of nitrogens with one attached hydrogen (secondary N) is 2. The normalized spacial score (nSPS) is 16.1. The van der Waals surface area contributed by atoms with Crippen molar-refractivity contribution < 1.29 is 29.0 Å². The lowest BCUT2D eigenvalue weighted by molar-refractivity contribution is -0.138. The standard InChI is InChI=1S/C20H28N2O6/c1-12(21-20(26)13-6-4-5-7-13)19(25)22-16(11-18(23)24)15-9-8-14(27-2)10-17(15)28-3/h8-10,12-13,16H,4-7,11H2,1-3H3,(H,21,26)(H,22,25)(H,23,24). The third-order valence-electron chi connectivity index (χ3n) is 4.99. The zero-order chi connectivity index (χ0) is 20.7. The summed E-state index contributed by atoms with van der Waals surface area (Å²) in [4.78, 5) is 36.2. The van der Waals surface area contributed by atoms with Crippen molar-refractivity contribution in [3.05, 3.63) is 23.8 Å². The Morgan fingerprint density at radius 1 is 1.14 bits per heavy atom. The lowest BCUT2D eigenvalue weighted by atomic mass is 10.0. The first-order chi connectivity index (χ1) is 13.3. The molecule has 0 bridgehead atoms. The molecule has 154 valence electrons. The molecule has 0 radical (unpaired) electrons. The van der Waals surface area contributed by atoms with E-state index in [4.69, 9.17) is 9.47 Å². The van der Waals surface area contributed by atoms with E-state index in [0.29, 0.717) is 17.1 Å². The number of benzene rings is 1. The van der Waals surface area contributed by atoms with E-state index in [1.54, 1.807) is 25.1 Å². The molecule has 1 saturated carbocycles. The van der Waals surface area contributed by atoms with Gasteiger partial charge in [-0.2, -0.15) is 0 Å². The average molecular weight is 392 g/mol. The third kappa shape index (κ3) is 5.61. The average Bonchev–Trinajstić information content (AvgIpc) is 3.21. The van der Waals surface area contributed by atoms with Crippen molar-refractivity contribution in [1.82, 2.24) is 10.6 Å². The van der Waals surface area contributed by atoms with Crippen LogP contribution in [0.3, 0.4) is 0 Å². The summed E-state index contributed by atoms with van der Waals surface area (Å²) in [7, 11) is 2.97. The number of methoxy groups -OCH3 is 2. The number of rotatable bonds is 9. The van der Waals surface area contributed by atoms with E-state index >= 15 is 0 Å². The molecule has 2 rings (SSSR count). The summed E-state index contributed by atoms with van der Waals surface area (Å²) in [6.07, 6.45) is 3.40. The molecular formula is C20H28N2O6. The first-order valence-corrected chi connectivity index (χ1v) is 9.40. The van der Waals surface area contributed by atoms with Crippen molar-refractivity contribution in [2.24, 2.45) is 5.92 Å². The highest BCUT2D eigenvalue weighted by Gasteiger charge is 2.28. The molecule has 1 fully saturated rings. The van der Waals surface area contributed by atoms with Crippen LogP contribution in [0, 0.1) is 5.92 Å². The fourth-order valence-corrected chi connectivity index (χ4v) is 3.40. The highest BCUT2D eigenvalue weighted by atomic mass is 16.5. The molecular weight excluding hydrogens is 364 g/mol. The number of aliphatic carboxylic acids is 1. The largest absolute Gasteiger partial charge is 0.497 e. The fourth-order valence-electron chi connectivity index (χ4n) is 3.40. The van der Waals surface area contributed by atoms with Gasteiger partial charge in [-0.05, 0) is 31.9 Å². The molecule has 0 aliphatic heterocycles. The zero-order valence-corrected chi connectivity index (χ0v) is 16.5. The Bertz CT molecular complexity index is 715. The van der Waals surface area contributed by atoms with E-state index in [-0.39, 0.29) is 18.2 Å². The van der Waals surface area contributed by atoms with Crippen LogP contribution in [0.15, 0.2) is 18.2 Å². The molecule has 3 N–H and O–H groups in total. The maximum absolute atomic E-state index is 12.6. The summed E-state index contributed by atoms with van der Waals surface area (Å²) in [5, 5.41) is 14.7. The number of hydrogen-bond donors (Lipinski definition) is 3. The van der Waals surface area contributed by atoms with Gasteiger partial charge in [0.15, 0.2) is 0 Å². The Labute approximate surface area is 164 Å². The van der Waals surface area contributed by atoms with E-state index < -0.39 is 24.0 Å².